The number of anilines is 3. The Labute approximate surface area is 115 Å². The number of nitrogen functional groups attached to an aromatic ring is 2. The number of nitrogens with two attached hydrogens (primary N) is 3. The maximum atomic E-state index is 11.8. The molecule has 0 bridgehead atoms. The lowest BCUT2D eigenvalue weighted by molar-refractivity contribution is -0.121. The van der Waals surface area contributed by atoms with Crippen LogP contribution in [0.25, 0.3) is 0 Å². The Kier molecular flexibility index (Phi) is 5.59. The fraction of sp³-hybridized carbons (Fsp3) is 0.500. The average Bonchev–Trinajstić information content (AvgIpc) is 2.34. The van der Waals surface area contributed by atoms with Crippen LogP contribution in [0.15, 0.2) is 0 Å². The summed E-state index contributed by atoms with van der Waals surface area (Å²) >= 11 is 0. The van der Waals surface area contributed by atoms with E-state index in [4.69, 9.17) is 17.2 Å². The first-order valence-corrected chi connectivity index (χ1v) is 6.02. The zero-order valence-corrected chi connectivity index (χ0v) is 11.1. The lowest BCUT2D eigenvalue weighted by Gasteiger charge is -2.11. The van der Waals surface area contributed by atoms with Crippen molar-refractivity contribution in [2.75, 3.05) is 23.3 Å². The topological polar surface area (TPSA) is 175 Å². The maximum absolute atomic E-state index is 11.8. The quantitative estimate of drug-likeness (QED) is 0.406. The van der Waals surface area contributed by atoms with Crippen molar-refractivity contribution in [3.63, 3.8) is 0 Å². The van der Waals surface area contributed by atoms with Crippen molar-refractivity contribution in [3.05, 3.63) is 0 Å². The van der Waals surface area contributed by atoms with Gasteiger partial charge in [0.2, 0.25) is 29.7 Å². The summed E-state index contributed by atoms with van der Waals surface area (Å²) in [6, 6.07) is -0.864. The summed E-state index contributed by atoms with van der Waals surface area (Å²) < 4.78 is 0. The van der Waals surface area contributed by atoms with E-state index >= 15 is 0 Å². The van der Waals surface area contributed by atoms with Crippen molar-refractivity contribution in [1.29, 1.82) is 0 Å². The van der Waals surface area contributed by atoms with E-state index in [9.17, 15) is 9.59 Å². The van der Waals surface area contributed by atoms with Crippen molar-refractivity contribution in [3.8, 4) is 0 Å². The number of amides is 2. The predicted octanol–water partition coefficient (Wildman–Crippen LogP) is -1.78. The highest BCUT2D eigenvalue weighted by Gasteiger charge is 2.16. The first kappa shape index (κ1) is 15.6. The highest BCUT2D eigenvalue weighted by atomic mass is 16.2. The summed E-state index contributed by atoms with van der Waals surface area (Å²) in [6.07, 6.45) is 0.359. The third-order valence-electron chi connectivity index (χ3n) is 2.30. The molecule has 0 aliphatic carbocycles. The van der Waals surface area contributed by atoms with Gasteiger partial charge in [0.05, 0.1) is 6.04 Å². The molecule has 1 aromatic heterocycles. The van der Waals surface area contributed by atoms with Gasteiger partial charge in [-0.3, -0.25) is 14.9 Å². The van der Waals surface area contributed by atoms with Gasteiger partial charge in [0.25, 0.3) is 0 Å². The van der Waals surface area contributed by atoms with Crippen LogP contribution in [0.5, 0.6) is 0 Å². The summed E-state index contributed by atoms with van der Waals surface area (Å²) in [4.78, 5) is 34.0. The molecule has 0 fully saturated rings. The summed E-state index contributed by atoms with van der Waals surface area (Å²) in [5.41, 5.74) is 16.4. The number of carbonyl (C=O) groups is 2. The molecule has 2 amide bonds. The molecule has 110 valence electrons. The Balaban J connectivity index is 2.51. The molecule has 0 aromatic carbocycles. The lowest BCUT2D eigenvalue weighted by atomic mass is 10.1. The van der Waals surface area contributed by atoms with Crippen LogP contribution in [0.4, 0.5) is 17.8 Å². The SMILES string of the molecule is CCNC(=O)CC[C@H](N)C(=O)Nc1nc(N)nc(N)n1. The highest BCUT2D eigenvalue weighted by molar-refractivity contribution is 5.93. The smallest absolute Gasteiger partial charge is 0.243 e. The summed E-state index contributed by atoms with van der Waals surface area (Å²) in [5.74, 6) is -0.982. The van der Waals surface area contributed by atoms with Crippen LogP contribution in [0.2, 0.25) is 0 Å². The Morgan fingerprint density at radius 3 is 2.35 bits per heavy atom. The molecule has 8 N–H and O–H groups in total. The van der Waals surface area contributed by atoms with Gasteiger partial charge in [0.1, 0.15) is 0 Å². The van der Waals surface area contributed by atoms with Gasteiger partial charge >= 0.3 is 0 Å². The van der Waals surface area contributed by atoms with E-state index in [0.29, 0.717) is 6.54 Å². The van der Waals surface area contributed by atoms with Crippen molar-refractivity contribution in [2.24, 2.45) is 5.73 Å². The standard InChI is InChI=1S/C10H18N8O2/c1-2-14-6(19)4-3-5(11)7(20)15-10-17-8(12)16-9(13)18-10/h5H,2-4,11H2,1H3,(H,14,19)(H5,12,13,15,16,17,18,20)/t5-/m0/s1. The molecule has 0 saturated heterocycles. The molecule has 0 spiro atoms. The molecule has 0 saturated carbocycles. The van der Waals surface area contributed by atoms with E-state index < -0.39 is 11.9 Å². The molecule has 0 radical (unpaired) electrons. The molecule has 10 heteroatoms. The predicted molar refractivity (Wildman–Crippen MR) is 73.2 cm³/mol. The van der Waals surface area contributed by atoms with E-state index in [1.807, 2.05) is 0 Å². The van der Waals surface area contributed by atoms with Gasteiger partial charge in [0, 0.05) is 13.0 Å². The number of hydrogen-bond acceptors (Lipinski definition) is 8. The number of nitrogens with one attached hydrogen (secondary N) is 2. The molecule has 1 rings (SSSR count). The molecule has 20 heavy (non-hydrogen) atoms. The van der Waals surface area contributed by atoms with Gasteiger partial charge < -0.3 is 22.5 Å². The van der Waals surface area contributed by atoms with Crippen LogP contribution in [-0.4, -0.2) is 39.4 Å². The van der Waals surface area contributed by atoms with Gasteiger partial charge in [-0.2, -0.15) is 15.0 Å². The average molecular weight is 282 g/mol. The fourth-order valence-corrected chi connectivity index (χ4v) is 1.37. The minimum absolute atomic E-state index is 0.0755. The monoisotopic (exact) mass is 282 g/mol. The molecule has 1 heterocycles. The molecule has 0 aliphatic heterocycles. The minimum atomic E-state index is -0.864. The molecule has 10 nitrogen and oxygen atoms in total. The Morgan fingerprint density at radius 1 is 1.20 bits per heavy atom. The molecular formula is C10H18N8O2. The van der Waals surface area contributed by atoms with Gasteiger partial charge in [-0.05, 0) is 13.3 Å². The molecular weight excluding hydrogens is 264 g/mol. The van der Waals surface area contributed by atoms with Crippen LogP contribution in [0.3, 0.4) is 0 Å². The third-order valence-corrected chi connectivity index (χ3v) is 2.30. The number of carbonyl (C=O) groups excluding carboxylic acids is 2. The van der Waals surface area contributed by atoms with Gasteiger partial charge in [-0.25, -0.2) is 0 Å². The van der Waals surface area contributed by atoms with E-state index in [1.165, 1.54) is 0 Å². The number of aromatic nitrogens is 3. The van der Waals surface area contributed by atoms with E-state index in [2.05, 4.69) is 25.6 Å². The van der Waals surface area contributed by atoms with E-state index in [-0.39, 0.29) is 36.6 Å². The largest absolute Gasteiger partial charge is 0.368 e. The lowest BCUT2D eigenvalue weighted by Crippen LogP contribution is -2.37. The van der Waals surface area contributed by atoms with Crippen molar-refractivity contribution < 1.29 is 9.59 Å². The summed E-state index contributed by atoms with van der Waals surface area (Å²) in [7, 11) is 0. The van der Waals surface area contributed by atoms with Crippen LogP contribution < -0.4 is 27.8 Å². The Bertz CT molecular complexity index is 472. The molecule has 0 unspecified atom stereocenters. The van der Waals surface area contributed by atoms with Gasteiger partial charge in [0.15, 0.2) is 0 Å². The number of nitrogens with zero attached hydrogens (tertiary/aromatic N) is 3. The highest BCUT2D eigenvalue weighted by Crippen LogP contribution is 2.05. The fourth-order valence-electron chi connectivity index (χ4n) is 1.37. The number of rotatable bonds is 6. The van der Waals surface area contributed by atoms with Crippen LogP contribution in [0.1, 0.15) is 19.8 Å². The number of hydrogen-bond donors (Lipinski definition) is 5. The Morgan fingerprint density at radius 2 is 1.80 bits per heavy atom. The van der Waals surface area contributed by atoms with Gasteiger partial charge in [-0.15, -0.1) is 0 Å². The third kappa shape index (κ3) is 5.02. The second-order valence-corrected chi connectivity index (χ2v) is 3.96. The molecule has 1 aromatic rings. The maximum Gasteiger partial charge on any atom is 0.243 e. The summed E-state index contributed by atoms with van der Waals surface area (Å²) in [6.45, 7) is 2.34. The van der Waals surface area contributed by atoms with Crippen molar-refractivity contribution in [2.45, 2.75) is 25.8 Å². The van der Waals surface area contributed by atoms with Crippen molar-refractivity contribution >= 4 is 29.7 Å². The van der Waals surface area contributed by atoms with Crippen LogP contribution in [-0.2, 0) is 9.59 Å². The van der Waals surface area contributed by atoms with Crippen LogP contribution >= 0.6 is 0 Å². The van der Waals surface area contributed by atoms with E-state index in [1.54, 1.807) is 6.92 Å². The normalized spacial score (nSPS) is 11.7. The molecule has 1 atom stereocenters. The Hall–Kier alpha value is -2.49. The second kappa shape index (κ2) is 7.19. The van der Waals surface area contributed by atoms with Crippen LogP contribution in [0, 0.1) is 0 Å². The molecule has 0 aliphatic rings. The first-order chi connectivity index (χ1) is 9.42. The summed E-state index contributed by atoms with van der Waals surface area (Å²) in [5, 5.41) is 4.97. The minimum Gasteiger partial charge on any atom is -0.368 e. The van der Waals surface area contributed by atoms with Gasteiger partial charge in [-0.1, -0.05) is 0 Å². The first-order valence-electron chi connectivity index (χ1n) is 6.02. The van der Waals surface area contributed by atoms with Crippen molar-refractivity contribution in [1.82, 2.24) is 20.3 Å². The second-order valence-electron chi connectivity index (χ2n) is 3.96. The zero-order valence-electron chi connectivity index (χ0n) is 11.1. The zero-order chi connectivity index (χ0) is 15.1. The van der Waals surface area contributed by atoms with E-state index in [0.717, 1.165) is 0 Å².